The zero-order valence-corrected chi connectivity index (χ0v) is 23.7. The molecule has 1 fully saturated rings. The van der Waals surface area contributed by atoms with Crippen molar-refractivity contribution in [1.29, 1.82) is 0 Å². The molecule has 0 aliphatic carbocycles. The molecule has 0 aromatic heterocycles. The second-order valence-corrected chi connectivity index (χ2v) is 13.5. The van der Waals surface area contributed by atoms with E-state index in [4.69, 9.17) is 5.73 Å². The summed E-state index contributed by atoms with van der Waals surface area (Å²) in [6.07, 6.45) is 0.492. The van der Waals surface area contributed by atoms with E-state index < -0.39 is 10.8 Å². The fourth-order valence-corrected chi connectivity index (χ4v) is 6.99. The fraction of sp³-hybridized carbons (Fsp3) is 0.667. The average Bonchev–Trinajstić information content (AvgIpc) is 2.75. The molecular weight excluding hydrogens is 476 g/mol. The number of hydrogen-bond acceptors (Lipinski definition) is 5. The summed E-state index contributed by atoms with van der Waals surface area (Å²) in [7, 11) is 0. The van der Waals surface area contributed by atoms with Crippen LogP contribution in [0.25, 0.3) is 0 Å². The third-order valence-electron chi connectivity index (χ3n) is 7.19. The van der Waals surface area contributed by atoms with Crippen LogP contribution >= 0.6 is 11.8 Å². The van der Waals surface area contributed by atoms with Gasteiger partial charge in [0.25, 0.3) is 5.91 Å². The molecule has 0 radical (unpaired) electrons. The van der Waals surface area contributed by atoms with E-state index in [1.807, 2.05) is 72.4 Å². The third kappa shape index (κ3) is 5.23. The normalized spacial score (nSPS) is 22.0. The lowest BCUT2D eigenvalue weighted by Crippen LogP contribution is -2.63. The van der Waals surface area contributed by atoms with Crippen LogP contribution in [0.1, 0.15) is 77.2 Å². The molecule has 3 rings (SSSR count). The molecule has 8 nitrogen and oxygen atoms in total. The van der Waals surface area contributed by atoms with Crippen LogP contribution in [-0.2, 0) is 4.79 Å². The number of hydrogen-bond donors (Lipinski definition) is 2. The van der Waals surface area contributed by atoms with E-state index in [9.17, 15) is 19.5 Å². The van der Waals surface area contributed by atoms with Gasteiger partial charge in [-0.2, -0.15) is 0 Å². The van der Waals surface area contributed by atoms with E-state index in [1.54, 1.807) is 4.90 Å². The number of fused-ring (bicyclic) bond motifs is 1. The minimum atomic E-state index is -0.948. The molecule has 1 saturated heterocycles. The van der Waals surface area contributed by atoms with Crippen molar-refractivity contribution in [2.45, 2.75) is 96.0 Å². The Morgan fingerprint density at radius 1 is 1.28 bits per heavy atom. The number of aryl methyl sites for hydroxylation is 1. The van der Waals surface area contributed by atoms with E-state index in [2.05, 4.69) is 0 Å². The first-order chi connectivity index (χ1) is 16.6. The molecule has 200 valence electrons. The van der Waals surface area contributed by atoms with Gasteiger partial charge in [-0.25, -0.2) is 4.79 Å². The second kappa shape index (κ2) is 10.2. The van der Waals surface area contributed by atoms with Gasteiger partial charge in [0.15, 0.2) is 0 Å². The van der Waals surface area contributed by atoms with Crippen molar-refractivity contribution in [3.05, 3.63) is 23.3 Å². The summed E-state index contributed by atoms with van der Waals surface area (Å²) in [6.45, 7) is 17.0. The van der Waals surface area contributed by atoms with Crippen molar-refractivity contribution in [3.63, 3.8) is 0 Å². The minimum Gasteiger partial charge on any atom is -0.465 e. The monoisotopic (exact) mass is 518 g/mol. The van der Waals surface area contributed by atoms with E-state index in [0.717, 1.165) is 22.6 Å². The average molecular weight is 519 g/mol. The number of nitrogens with zero attached hydrogens (tertiary/aromatic N) is 3. The molecule has 0 bridgehead atoms. The highest BCUT2D eigenvalue weighted by atomic mass is 32.2. The van der Waals surface area contributed by atoms with Crippen molar-refractivity contribution in [2.24, 2.45) is 11.1 Å². The zero-order chi connectivity index (χ0) is 27.2. The van der Waals surface area contributed by atoms with Gasteiger partial charge in [-0.05, 0) is 70.6 Å². The second-order valence-electron chi connectivity index (χ2n) is 11.8. The van der Waals surface area contributed by atoms with Crippen molar-refractivity contribution in [1.82, 2.24) is 9.80 Å². The van der Waals surface area contributed by atoms with Crippen LogP contribution < -0.4 is 10.6 Å². The van der Waals surface area contributed by atoms with Crippen LogP contribution in [0, 0.1) is 12.3 Å². The van der Waals surface area contributed by atoms with Crippen molar-refractivity contribution < 1.29 is 19.5 Å². The quantitative estimate of drug-likeness (QED) is 0.591. The van der Waals surface area contributed by atoms with Gasteiger partial charge in [-0.15, -0.1) is 11.8 Å². The van der Waals surface area contributed by atoms with E-state index in [1.165, 1.54) is 16.7 Å². The summed E-state index contributed by atoms with van der Waals surface area (Å²) >= 11 is 1.51. The number of nitrogens with two attached hydrogens (primary N) is 1. The molecule has 1 unspecified atom stereocenters. The highest BCUT2D eigenvalue weighted by molar-refractivity contribution is 8.01. The van der Waals surface area contributed by atoms with Crippen LogP contribution in [0.2, 0.25) is 0 Å². The molecule has 9 heteroatoms. The Labute approximate surface area is 219 Å². The summed E-state index contributed by atoms with van der Waals surface area (Å²) in [5, 5.41) is 9.96. The Balaban J connectivity index is 2.10. The van der Waals surface area contributed by atoms with Gasteiger partial charge in [-0.1, -0.05) is 20.8 Å². The standard InChI is InChI=1S/C27H42N4O4S/c1-16(2)31(19-10-9-12-30(25(34)35)22(19)26(4,5)6)23(32)18-15-20-21(14-17(18)3)36-27(7,8)24(33)29(20)13-11-28/h14-16,19,22H,9-13,28H2,1-8H3,(H,34,35)/t19-,22?/m1/s1. The number of carbonyl (C=O) groups is 3. The lowest BCUT2D eigenvalue weighted by Gasteiger charge is -2.51. The summed E-state index contributed by atoms with van der Waals surface area (Å²) in [5.41, 5.74) is 7.59. The van der Waals surface area contributed by atoms with Gasteiger partial charge in [0.05, 0.1) is 22.5 Å². The molecule has 2 atom stereocenters. The Morgan fingerprint density at radius 2 is 1.92 bits per heavy atom. The molecule has 1 aromatic carbocycles. The van der Waals surface area contributed by atoms with Gasteiger partial charge in [0.2, 0.25) is 5.91 Å². The molecule has 36 heavy (non-hydrogen) atoms. The molecule has 2 heterocycles. The molecule has 3 amide bonds. The maximum absolute atomic E-state index is 14.2. The summed E-state index contributed by atoms with van der Waals surface area (Å²) < 4.78 is -0.619. The van der Waals surface area contributed by atoms with E-state index in [-0.39, 0.29) is 35.4 Å². The predicted octanol–water partition coefficient (Wildman–Crippen LogP) is 4.58. The van der Waals surface area contributed by atoms with Gasteiger partial charge < -0.3 is 25.5 Å². The maximum Gasteiger partial charge on any atom is 0.407 e. The Hall–Kier alpha value is -2.26. The van der Waals surface area contributed by atoms with Gasteiger partial charge in [0, 0.05) is 36.1 Å². The molecule has 2 aliphatic heterocycles. The Bertz CT molecular complexity index is 1030. The first kappa shape index (κ1) is 28.3. The summed E-state index contributed by atoms with van der Waals surface area (Å²) in [6, 6.07) is 3.11. The number of rotatable bonds is 5. The number of carbonyl (C=O) groups excluding carboxylic acids is 2. The van der Waals surface area contributed by atoms with Gasteiger partial charge >= 0.3 is 6.09 Å². The molecular formula is C27H42N4O4S. The van der Waals surface area contributed by atoms with Gasteiger partial charge in [0.1, 0.15) is 0 Å². The highest BCUT2D eigenvalue weighted by Gasteiger charge is 2.47. The van der Waals surface area contributed by atoms with E-state index >= 15 is 0 Å². The maximum atomic E-state index is 14.2. The lowest BCUT2D eigenvalue weighted by molar-refractivity contribution is -0.120. The van der Waals surface area contributed by atoms with E-state index in [0.29, 0.717) is 31.6 Å². The first-order valence-electron chi connectivity index (χ1n) is 12.8. The van der Waals surface area contributed by atoms with Crippen molar-refractivity contribution >= 4 is 35.4 Å². The van der Waals surface area contributed by atoms with Crippen LogP contribution in [0.15, 0.2) is 17.0 Å². The van der Waals surface area contributed by atoms with Crippen LogP contribution in [0.4, 0.5) is 10.5 Å². The Kier molecular flexibility index (Phi) is 8.06. The summed E-state index contributed by atoms with van der Waals surface area (Å²) in [5.74, 6) is -0.155. The Morgan fingerprint density at radius 3 is 2.44 bits per heavy atom. The highest BCUT2D eigenvalue weighted by Crippen LogP contribution is 2.46. The number of likely N-dealkylation sites (tertiary alicyclic amines) is 1. The number of thioether (sulfide) groups is 1. The minimum absolute atomic E-state index is 0.0226. The van der Waals surface area contributed by atoms with Crippen LogP contribution in [0.5, 0.6) is 0 Å². The molecule has 2 aliphatic rings. The smallest absolute Gasteiger partial charge is 0.407 e. The van der Waals surface area contributed by atoms with Crippen molar-refractivity contribution in [3.8, 4) is 0 Å². The molecule has 1 aromatic rings. The third-order valence-corrected chi connectivity index (χ3v) is 8.42. The zero-order valence-electron chi connectivity index (χ0n) is 22.9. The van der Waals surface area contributed by atoms with Crippen molar-refractivity contribution in [2.75, 3.05) is 24.5 Å². The van der Waals surface area contributed by atoms with Crippen LogP contribution in [0.3, 0.4) is 0 Å². The SMILES string of the molecule is Cc1cc2c(cc1C(=O)N(C(C)C)[C@@H]1CCCN(C(=O)O)C1C(C)(C)C)N(CCN)C(=O)C(C)(C)S2. The number of piperidine rings is 1. The number of anilines is 1. The topological polar surface area (TPSA) is 107 Å². The number of amides is 3. The predicted molar refractivity (Wildman–Crippen MR) is 145 cm³/mol. The number of benzene rings is 1. The lowest BCUT2D eigenvalue weighted by atomic mass is 9.76. The first-order valence-corrected chi connectivity index (χ1v) is 13.6. The van der Waals surface area contributed by atoms with Gasteiger partial charge in [-0.3, -0.25) is 9.59 Å². The summed E-state index contributed by atoms with van der Waals surface area (Å²) in [4.78, 5) is 45.6. The molecule has 0 spiro atoms. The van der Waals surface area contributed by atoms with Crippen LogP contribution in [-0.4, -0.2) is 75.3 Å². The number of carboxylic acid groups (broad SMARTS) is 1. The molecule has 0 saturated carbocycles. The molecule has 3 N–H and O–H groups in total. The largest absolute Gasteiger partial charge is 0.465 e. The fourth-order valence-electron chi connectivity index (χ4n) is 5.73.